The number of carboxylic acid groups (broad SMARTS) is 1. The van der Waals surface area contributed by atoms with Crippen molar-refractivity contribution in [3.63, 3.8) is 0 Å². The van der Waals surface area contributed by atoms with E-state index in [1.807, 2.05) is 26.8 Å². The zero-order chi connectivity index (χ0) is 15.0. The number of carbonyl (C=O) groups excluding carboxylic acids is 2. The highest BCUT2D eigenvalue weighted by atomic mass is 16.4. The summed E-state index contributed by atoms with van der Waals surface area (Å²) in [6, 6.07) is -1.03. The number of rotatable bonds is 4. The van der Waals surface area contributed by atoms with Gasteiger partial charge in [-0.05, 0) is 32.1 Å². The Morgan fingerprint density at radius 3 is 2.50 bits per heavy atom. The predicted octanol–water partition coefficient (Wildman–Crippen LogP) is 1.83. The van der Waals surface area contributed by atoms with Gasteiger partial charge in [0.2, 0.25) is 11.8 Å². The van der Waals surface area contributed by atoms with E-state index in [9.17, 15) is 19.5 Å². The molecule has 0 bridgehead atoms. The Morgan fingerprint density at radius 1 is 1.35 bits per heavy atom. The van der Waals surface area contributed by atoms with Gasteiger partial charge < -0.3 is 5.11 Å². The third-order valence-electron chi connectivity index (χ3n) is 4.15. The molecule has 2 amide bonds. The van der Waals surface area contributed by atoms with E-state index in [4.69, 9.17) is 0 Å². The second-order valence-electron chi connectivity index (χ2n) is 6.23. The molecule has 110 valence electrons. The molecule has 0 aromatic carbocycles. The standard InChI is InChI=1S/C15H21NO4/c1-8(2)6-12(15(19)20)16-13(17)10-5-4-9(3)7-11(10)14(16)18/h4,8,10-12H,5-7H2,1-3H3,(H,19,20)/t10-,11-,12-/m1/s1. The van der Waals surface area contributed by atoms with Crippen molar-refractivity contribution in [1.82, 2.24) is 4.90 Å². The SMILES string of the molecule is CC1=CC[C@H]2C(=O)N([C@H](CC(C)C)C(=O)O)C(=O)[C@@H]2C1. The molecule has 20 heavy (non-hydrogen) atoms. The summed E-state index contributed by atoms with van der Waals surface area (Å²) in [7, 11) is 0. The third-order valence-corrected chi connectivity index (χ3v) is 4.15. The van der Waals surface area contributed by atoms with Crippen LogP contribution in [0.2, 0.25) is 0 Å². The van der Waals surface area contributed by atoms with Crippen molar-refractivity contribution in [2.75, 3.05) is 0 Å². The van der Waals surface area contributed by atoms with Gasteiger partial charge in [-0.25, -0.2) is 4.79 Å². The summed E-state index contributed by atoms with van der Waals surface area (Å²) in [5.74, 6) is -2.32. The minimum atomic E-state index is -1.09. The number of likely N-dealkylation sites (tertiary alicyclic amines) is 1. The minimum absolute atomic E-state index is 0.110. The Balaban J connectivity index is 2.27. The van der Waals surface area contributed by atoms with Crippen LogP contribution < -0.4 is 0 Å². The molecule has 2 rings (SSSR count). The van der Waals surface area contributed by atoms with Crippen molar-refractivity contribution >= 4 is 17.8 Å². The number of nitrogens with zero attached hydrogens (tertiary/aromatic N) is 1. The maximum absolute atomic E-state index is 12.4. The molecule has 3 atom stereocenters. The summed E-state index contributed by atoms with van der Waals surface area (Å²) >= 11 is 0. The van der Waals surface area contributed by atoms with Crippen molar-refractivity contribution in [3.8, 4) is 0 Å². The molecule has 1 fully saturated rings. The van der Waals surface area contributed by atoms with Crippen LogP contribution in [0.5, 0.6) is 0 Å². The van der Waals surface area contributed by atoms with Crippen molar-refractivity contribution in [1.29, 1.82) is 0 Å². The Hall–Kier alpha value is -1.65. The van der Waals surface area contributed by atoms with Crippen LogP contribution in [0.1, 0.15) is 40.0 Å². The molecule has 0 aromatic rings. The van der Waals surface area contributed by atoms with Crippen LogP contribution in [0.3, 0.4) is 0 Å². The summed E-state index contributed by atoms with van der Waals surface area (Å²) in [4.78, 5) is 37.3. The zero-order valence-corrected chi connectivity index (χ0v) is 12.1. The number of aliphatic carboxylic acids is 1. The van der Waals surface area contributed by atoms with E-state index >= 15 is 0 Å². The molecule has 5 nitrogen and oxygen atoms in total. The largest absolute Gasteiger partial charge is 0.480 e. The molecule has 5 heteroatoms. The quantitative estimate of drug-likeness (QED) is 0.629. The van der Waals surface area contributed by atoms with Crippen LogP contribution >= 0.6 is 0 Å². The number of hydrogen-bond donors (Lipinski definition) is 1. The van der Waals surface area contributed by atoms with Gasteiger partial charge in [0.1, 0.15) is 6.04 Å². The van der Waals surface area contributed by atoms with Crippen molar-refractivity contribution < 1.29 is 19.5 Å². The van der Waals surface area contributed by atoms with E-state index in [1.165, 1.54) is 0 Å². The maximum Gasteiger partial charge on any atom is 0.326 e. The van der Waals surface area contributed by atoms with E-state index in [0.717, 1.165) is 10.5 Å². The highest BCUT2D eigenvalue weighted by Gasteiger charge is 2.51. The molecule has 1 aliphatic heterocycles. The fourth-order valence-corrected chi connectivity index (χ4v) is 3.13. The molecule has 0 unspecified atom stereocenters. The van der Waals surface area contributed by atoms with Gasteiger partial charge in [-0.15, -0.1) is 0 Å². The topological polar surface area (TPSA) is 74.7 Å². The number of amides is 2. The van der Waals surface area contributed by atoms with Crippen LogP contribution in [-0.4, -0.2) is 33.8 Å². The number of imide groups is 1. The minimum Gasteiger partial charge on any atom is -0.480 e. The first-order valence-corrected chi connectivity index (χ1v) is 7.08. The van der Waals surface area contributed by atoms with Gasteiger partial charge in [0.05, 0.1) is 11.8 Å². The van der Waals surface area contributed by atoms with E-state index in [-0.39, 0.29) is 29.6 Å². The molecular formula is C15H21NO4. The van der Waals surface area contributed by atoms with Crippen LogP contribution in [0.15, 0.2) is 11.6 Å². The summed E-state index contributed by atoms with van der Waals surface area (Å²) in [6.45, 7) is 5.72. The number of carboxylic acids is 1. The first-order valence-electron chi connectivity index (χ1n) is 7.08. The molecule has 1 saturated heterocycles. The molecule has 1 heterocycles. The molecule has 1 N–H and O–H groups in total. The van der Waals surface area contributed by atoms with Gasteiger partial charge in [-0.3, -0.25) is 14.5 Å². The molecule has 0 radical (unpaired) electrons. The lowest BCUT2D eigenvalue weighted by molar-refractivity contribution is -0.155. The number of carbonyl (C=O) groups is 3. The van der Waals surface area contributed by atoms with Crippen LogP contribution in [0.25, 0.3) is 0 Å². The lowest BCUT2D eigenvalue weighted by Gasteiger charge is -2.24. The molecule has 0 spiro atoms. The summed E-state index contributed by atoms with van der Waals surface area (Å²) in [6.07, 6.45) is 3.40. The number of hydrogen-bond acceptors (Lipinski definition) is 3. The highest BCUT2D eigenvalue weighted by Crippen LogP contribution is 2.39. The van der Waals surface area contributed by atoms with Crippen molar-refractivity contribution in [2.24, 2.45) is 17.8 Å². The molecule has 1 aliphatic carbocycles. The summed E-state index contributed by atoms with van der Waals surface area (Å²) in [5, 5.41) is 9.34. The monoisotopic (exact) mass is 279 g/mol. The Labute approximate surface area is 118 Å². The number of allylic oxidation sites excluding steroid dienone is 2. The second-order valence-corrected chi connectivity index (χ2v) is 6.23. The van der Waals surface area contributed by atoms with Crippen LogP contribution in [0.4, 0.5) is 0 Å². The Morgan fingerprint density at radius 2 is 1.95 bits per heavy atom. The highest BCUT2D eigenvalue weighted by molar-refractivity contribution is 6.08. The van der Waals surface area contributed by atoms with E-state index < -0.39 is 12.0 Å². The fourth-order valence-electron chi connectivity index (χ4n) is 3.13. The lowest BCUT2D eigenvalue weighted by Crippen LogP contribution is -2.46. The van der Waals surface area contributed by atoms with Crippen LogP contribution in [-0.2, 0) is 14.4 Å². The van der Waals surface area contributed by atoms with Gasteiger partial charge in [0, 0.05) is 0 Å². The van der Waals surface area contributed by atoms with Crippen molar-refractivity contribution in [2.45, 2.75) is 46.1 Å². The molecule has 0 aromatic heterocycles. The van der Waals surface area contributed by atoms with E-state index in [0.29, 0.717) is 19.3 Å². The number of fused-ring (bicyclic) bond motifs is 1. The Kier molecular flexibility index (Phi) is 3.97. The van der Waals surface area contributed by atoms with Crippen LogP contribution in [0, 0.1) is 17.8 Å². The fraction of sp³-hybridized carbons (Fsp3) is 0.667. The van der Waals surface area contributed by atoms with E-state index in [2.05, 4.69) is 0 Å². The van der Waals surface area contributed by atoms with E-state index in [1.54, 1.807) is 0 Å². The average Bonchev–Trinajstić information content (AvgIpc) is 2.58. The predicted molar refractivity (Wildman–Crippen MR) is 72.7 cm³/mol. The summed E-state index contributed by atoms with van der Waals surface area (Å²) < 4.78 is 0. The lowest BCUT2D eigenvalue weighted by atomic mass is 9.82. The normalized spacial score (nSPS) is 27.6. The van der Waals surface area contributed by atoms with Crippen molar-refractivity contribution in [3.05, 3.63) is 11.6 Å². The van der Waals surface area contributed by atoms with Gasteiger partial charge in [-0.2, -0.15) is 0 Å². The third kappa shape index (κ3) is 2.49. The maximum atomic E-state index is 12.4. The molecular weight excluding hydrogens is 258 g/mol. The zero-order valence-electron chi connectivity index (χ0n) is 12.1. The first-order chi connectivity index (χ1) is 9.32. The average molecular weight is 279 g/mol. The van der Waals surface area contributed by atoms with Gasteiger partial charge in [0.25, 0.3) is 0 Å². The van der Waals surface area contributed by atoms with Gasteiger partial charge in [0.15, 0.2) is 0 Å². The van der Waals surface area contributed by atoms with Gasteiger partial charge in [-0.1, -0.05) is 25.5 Å². The van der Waals surface area contributed by atoms with Gasteiger partial charge >= 0.3 is 5.97 Å². The Bertz CT molecular complexity index is 480. The smallest absolute Gasteiger partial charge is 0.326 e. The first kappa shape index (κ1) is 14.8. The molecule has 2 aliphatic rings. The molecule has 0 saturated carbocycles. The summed E-state index contributed by atoms with van der Waals surface area (Å²) in [5.41, 5.74) is 1.10. The second kappa shape index (κ2) is 5.38.